The van der Waals surface area contributed by atoms with Crippen molar-refractivity contribution in [1.29, 1.82) is 0 Å². The van der Waals surface area contributed by atoms with Gasteiger partial charge in [0.25, 0.3) is 5.91 Å². The van der Waals surface area contributed by atoms with Crippen molar-refractivity contribution in [3.63, 3.8) is 0 Å². The zero-order valence-corrected chi connectivity index (χ0v) is 42.9. The number of halogens is 1. The van der Waals surface area contributed by atoms with Gasteiger partial charge in [0, 0.05) is 113 Å². The first-order chi connectivity index (χ1) is 33.8. The molecule has 0 saturated carbocycles. The van der Waals surface area contributed by atoms with Crippen molar-refractivity contribution in [3.05, 3.63) is 82.2 Å². The van der Waals surface area contributed by atoms with E-state index >= 15 is 0 Å². The normalized spacial score (nSPS) is 19.6. The number of methoxy groups -OCH3 is 1. The Labute approximate surface area is 417 Å². The van der Waals surface area contributed by atoms with E-state index in [-0.39, 0.29) is 24.1 Å². The number of aryl methyl sites for hydroxylation is 1. The second kappa shape index (κ2) is 20.2. The van der Waals surface area contributed by atoms with Gasteiger partial charge in [-0.1, -0.05) is 13.0 Å². The molecule has 17 nitrogen and oxygen atoms in total. The number of imide groups is 1. The van der Waals surface area contributed by atoms with E-state index in [4.69, 9.17) is 9.72 Å². The Morgan fingerprint density at radius 1 is 0.886 bits per heavy atom. The highest BCUT2D eigenvalue weighted by atomic mass is 79.9. The summed E-state index contributed by atoms with van der Waals surface area (Å²) in [5.41, 5.74) is 7.84. The summed E-state index contributed by atoms with van der Waals surface area (Å²) >= 11 is 3.61. The first kappa shape index (κ1) is 48.0. The van der Waals surface area contributed by atoms with Gasteiger partial charge in [0.1, 0.15) is 30.3 Å². The molecular formula is C51H62BrN12O5P. The van der Waals surface area contributed by atoms with Crippen molar-refractivity contribution in [2.45, 2.75) is 70.5 Å². The van der Waals surface area contributed by atoms with Crippen LogP contribution in [0.4, 0.5) is 34.5 Å². The van der Waals surface area contributed by atoms with Gasteiger partial charge in [-0.05, 0) is 122 Å². The van der Waals surface area contributed by atoms with Gasteiger partial charge < -0.3 is 39.5 Å². The van der Waals surface area contributed by atoms with Crippen LogP contribution in [-0.2, 0) is 27.1 Å². The molecule has 19 heteroatoms. The molecule has 0 aliphatic carbocycles. The fraction of sp³-hybridized carbons (Fsp3) is 0.471. The third kappa shape index (κ3) is 9.97. The summed E-state index contributed by atoms with van der Waals surface area (Å²) in [4.78, 5) is 67.7. The van der Waals surface area contributed by atoms with E-state index in [0.29, 0.717) is 74.5 Å². The number of hydrogen-bond donors (Lipinski definition) is 3. The van der Waals surface area contributed by atoms with Gasteiger partial charge in [0.05, 0.1) is 33.8 Å². The number of carbonyl (C=O) groups excluding carboxylic acids is 3. The van der Waals surface area contributed by atoms with Crippen molar-refractivity contribution < 1.29 is 23.7 Å². The molecule has 4 fully saturated rings. The molecule has 5 aliphatic heterocycles. The fourth-order valence-corrected chi connectivity index (χ4v) is 12.7. The van der Waals surface area contributed by atoms with Crippen LogP contribution < -0.4 is 35.8 Å². The number of nitrogens with zero attached hydrogens (tertiary/aromatic N) is 9. The van der Waals surface area contributed by atoms with Gasteiger partial charge in [0.15, 0.2) is 0 Å². The van der Waals surface area contributed by atoms with Crippen LogP contribution in [-0.4, -0.2) is 144 Å². The van der Waals surface area contributed by atoms with Gasteiger partial charge in [-0.3, -0.25) is 34.6 Å². The average molecular weight is 1030 g/mol. The zero-order valence-electron chi connectivity index (χ0n) is 40.4. The van der Waals surface area contributed by atoms with E-state index in [0.717, 1.165) is 95.1 Å². The monoisotopic (exact) mass is 1030 g/mol. The minimum atomic E-state index is -2.77. The number of anilines is 6. The second-order valence-corrected chi connectivity index (χ2v) is 23.7. The van der Waals surface area contributed by atoms with E-state index in [2.05, 4.69) is 91.6 Å². The van der Waals surface area contributed by atoms with Crippen molar-refractivity contribution in [3.8, 4) is 5.75 Å². The number of nitrogens with one attached hydrogen (secondary N) is 3. The summed E-state index contributed by atoms with van der Waals surface area (Å²) in [6.45, 7) is 15.6. The molecule has 5 aromatic rings. The number of hydrogen-bond acceptors (Lipinski definition) is 15. The molecule has 1 atom stereocenters. The van der Waals surface area contributed by atoms with Crippen LogP contribution in [0.1, 0.15) is 66.9 Å². The second-order valence-electron chi connectivity index (χ2n) is 19.7. The van der Waals surface area contributed by atoms with E-state index < -0.39 is 13.2 Å². The summed E-state index contributed by atoms with van der Waals surface area (Å²) in [7, 11) is -1.08. The molecule has 4 saturated heterocycles. The van der Waals surface area contributed by atoms with Crippen LogP contribution in [0.15, 0.2) is 65.5 Å². The number of carbonyl (C=O) groups is 3. The number of aromatic nitrogens is 4. The molecule has 3 N–H and O–H groups in total. The molecule has 0 radical (unpaired) electrons. The van der Waals surface area contributed by atoms with Crippen LogP contribution >= 0.6 is 23.1 Å². The van der Waals surface area contributed by atoms with Crippen molar-refractivity contribution in [1.82, 2.24) is 40.0 Å². The van der Waals surface area contributed by atoms with E-state index in [1.807, 2.05) is 24.3 Å². The Balaban J connectivity index is 0.680. The maximum absolute atomic E-state index is 13.6. The minimum Gasteiger partial charge on any atom is -0.494 e. The third-order valence-electron chi connectivity index (χ3n) is 14.8. The minimum absolute atomic E-state index is 0.117. The van der Waals surface area contributed by atoms with E-state index in [9.17, 15) is 18.9 Å². The summed E-state index contributed by atoms with van der Waals surface area (Å²) in [5, 5.41) is 9.82. The maximum Gasteiger partial charge on any atom is 0.255 e. The lowest BCUT2D eigenvalue weighted by Crippen LogP contribution is -2.53. The highest BCUT2D eigenvalue weighted by molar-refractivity contribution is 9.10. The van der Waals surface area contributed by atoms with Crippen molar-refractivity contribution >= 4 is 91.6 Å². The zero-order chi connectivity index (χ0) is 48.7. The lowest BCUT2D eigenvalue weighted by molar-refractivity contribution is -0.136. The Morgan fingerprint density at radius 2 is 1.67 bits per heavy atom. The van der Waals surface area contributed by atoms with Crippen molar-refractivity contribution in [2.24, 2.45) is 5.92 Å². The Hall–Kier alpha value is -5.68. The number of benzene rings is 3. The fourth-order valence-electron chi connectivity index (χ4n) is 11.0. The summed E-state index contributed by atoms with van der Waals surface area (Å²) in [5.74, 6) is 1.51. The Bertz CT molecular complexity index is 2860. The van der Waals surface area contributed by atoms with Crippen LogP contribution in [0.3, 0.4) is 0 Å². The summed E-state index contributed by atoms with van der Waals surface area (Å²) in [6, 6.07) is 14.2. The largest absolute Gasteiger partial charge is 0.494 e. The molecule has 1 unspecified atom stereocenters. The number of fused-ring (bicyclic) bond motifs is 2. The summed E-state index contributed by atoms with van der Waals surface area (Å²) in [6.07, 6.45) is 11.1. The van der Waals surface area contributed by atoms with Crippen LogP contribution in [0.5, 0.6) is 5.75 Å². The first-order valence-electron chi connectivity index (χ1n) is 24.6. The van der Waals surface area contributed by atoms with Crippen molar-refractivity contribution in [2.75, 3.05) is 99.8 Å². The molecule has 2 aromatic heterocycles. The molecule has 7 heterocycles. The van der Waals surface area contributed by atoms with Crippen LogP contribution in [0.2, 0.25) is 0 Å². The van der Waals surface area contributed by atoms with Crippen LogP contribution in [0.25, 0.3) is 11.0 Å². The van der Waals surface area contributed by atoms with Gasteiger partial charge >= 0.3 is 0 Å². The Kier molecular flexibility index (Phi) is 13.8. The molecule has 5 aliphatic rings. The molecule has 0 bridgehead atoms. The molecule has 0 spiro atoms. The van der Waals surface area contributed by atoms with Gasteiger partial charge in [-0.15, -0.1) is 0 Å². The molecular weight excluding hydrogens is 972 g/mol. The number of piperazine rings is 1. The third-order valence-corrected chi connectivity index (χ3v) is 16.9. The average Bonchev–Trinajstić information content (AvgIpc) is 3.67. The Morgan fingerprint density at radius 3 is 2.41 bits per heavy atom. The molecule has 3 aromatic carbocycles. The number of amides is 3. The molecule has 368 valence electrons. The SMILES string of the molecule is CCc1cc(Nc2ncc(Br)c(Nc3ccc4nccnc4c3P(C)(C)=O)n2)c(OC)cc1N1CCC(N2CCN(CCCC3CN(c4ccc5c(c4)C(=O)N(C4CCC(=O)NC4=O)C5)C3)CC2)CC1. The van der Waals surface area contributed by atoms with Crippen LogP contribution in [0, 0.1) is 5.92 Å². The predicted molar refractivity (Wildman–Crippen MR) is 278 cm³/mol. The standard InChI is InChI=1S/C51H62BrN12O5P/c1-5-33-25-41(57-51-55-28-38(52)48(59-51)56-40-11-10-39-46(54-17-16-53-39)47(40)70(3,4)68)44(69-2)27-43(33)62-19-14-35(15-20-62)61-23-21-60(22-24-61)18-6-7-32-29-63(30-32)36-9-8-34-31-64(50(67)37(34)26-36)42-12-13-45(65)58-49(42)66/h8-11,16-17,25-28,32,35,42H,5-7,12-15,18-24,29-31H2,1-4H3,(H,58,65,66)(H2,55,56,57,59). The number of piperidine rings is 2. The lowest BCUT2D eigenvalue weighted by Gasteiger charge is -2.44. The summed E-state index contributed by atoms with van der Waals surface area (Å²) < 4.78 is 20.2. The lowest BCUT2D eigenvalue weighted by atomic mass is 9.93. The first-order valence-corrected chi connectivity index (χ1v) is 28.0. The maximum atomic E-state index is 13.6. The quantitative estimate of drug-likeness (QED) is 0.0740. The van der Waals surface area contributed by atoms with Gasteiger partial charge in [-0.25, -0.2) is 4.98 Å². The topological polar surface area (TPSA) is 181 Å². The highest BCUT2D eigenvalue weighted by Crippen LogP contribution is 2.42. The predicted octanol–water partition coefficient (Wildman–Crippen LogP) is 6.75. The van der Waals surface area contributed by atoms with E-state index in [1.54, 1.807) is 43.9 Å². The molecule has 70 heavy (non-hydrogen) atoms. The van der Waals surface area contributed by atoms with Gasteiger partial charge in [-0.2, -0.15) is 4.98 Å². The molecule has 3 amide bonds. The van der Waals surface area contributed by atoms with Gasteiger partial charge in [0.2, 0.25) is 17.8 Å². The number of ether oxygens (including phenoxy) is 1. The van der Waals surface area contributed by atoms with E-state index in [1.165, 1.54) is 24.1 Å². The number of rotatable bonds is 15. The smallest absolute Gasteiger partial charge is 0.255 e. The highest BCUT2D eigenvalue weighted by Gasteiger charge is 2.40. The molecule has 10 rings (SSSR count).